The number of rotatable bonds is 5. The molecule has 3 heteroatoms. The molecule has 0 aliphatic carbocycles. The molecule has 0 heterocycles. The third-order valence-corrected chi connectivity index (χ3v) is 1.78. The van der Waals surface area contributed by atoms with Crippen molar-refractivity contribution in [1.29, 1.82) is 0 Å². The SMILES string of the molecule is C=CCN(CC=C)C(=O)N/C=C/C(C)(C)C. The van der Waals surface area contributed by atoms with E-state index in [1.807, 2.05) is 6.08 Å². The third kappa shape index (κ3) is 6.87. The van der Waals surface area contributed by atoms with Gasteiger partial charge >= 0.3 is 6.03 Å². The Balaban J connectivity index is 4.25. The van der Waals surface area contributed by atoms with E-state index < -0.39 is 0 Å². The summed E-state index contributed by atoms with van der Waals surface area (Å²) in [6.45, 7) is 14.5. The Hall–Kier alpha value is -1.51. The Morgan fingerprint density at radius 1 is 1.25 bits per heavy atom. The number of amides is 2. The molecule has 0 saturated carbocycles. The van der Waals surface area contributed by atoms with Crippen molar-refractivity contribution in [2.45, 2.75) is 20.8 Å². The summed E-state index contributed by atoms with van der Waals surface area (Å²) < 4.78 is 0. The van der Waals surface area contributed by atoms with Crippen LogP contribution in [0.2, 0.25) is 0 Å². The molecule has 0 aromatic rings. The lowest BCUT2D eigenvalue weighted by Gasteiger charge is -2.19. The van der Waals surface area contributed by atoms with E-state index in [9.17, 15) is 4.79 Å². The maximum atomic E-state index is 11.7. The minimum absolute atomic E-state index is 0.0645. The molecule has 0 spiro atoms. The van der Waals surface area contributed by atoms with Crippen molar-refractivity contribution in [3.63, 3.8) is 0 Å². The van der Waals surface area contributed by atoms with Gasteiger partial charge in [0.2, 0.25) is 0 Å². The minimum atomic E-state index is -0.139. The summed E-state index contributed by atoms with van der Waals surface area (Å²) in [5.41, 5.74) is 0.0645. The van der Waals surface area contributed by atoms with E-state index >= 15 is 0 Å². The normalized spacial score (nSPS) is 11.2. The van der Waals surface area contributed by atoms with Gasteiger partial charge < -0.3 is 10.2 Å². The molecule has 1 N–H and O–H groups in total. The molecule has 16 heavy (non-hydrogen) atoms. The van der Waals surface area contributed by atoms with Gasteiger partial charge in [0.25, 0.3) is 0 Å². The highest BCUT2D eigenvalue weighted by Gasteiger charge is 2.09. The van der Waals surface area contributed by atoms with Gasteiger partial charge in [-0.1, -0.05) is 39.0 Å². The molecule has 2 amide bonds. The largest absolute Gasteiger partial charge is 0.321 e. The van der Waals surface area contributed by atoms with Crippen molar-refractivity contribution in [3.8, 4) is 0 Å². The fourth-order valence-corrected chi connectivity index (χ4v) is 1.01. The van der Waals surface area contributed by atoms with Gasteiger partial charge in [-0.15, -0.1) is 13.2 Å². The minimum Gasteiger partial charge on any atom is -0.317 e. The van der Waals surface area contributed by atoms with E-state index in [0.717, 1.165) is 0 Å². The van der Waals surface area contributed by atoms with E-state index in [4.69, 9.17) is 0 Å². The first kappa shape index (κ1) is 14.5. The fourth-order valence-electron chi connectivity index (χ4n) is 1.01. The lowest BCUT2D eigenvalue weighted by Crippen LogP contribution is -2.37. The van der Waals surface area contributed by atoms with E-state index in [1.54, 1.807) is 23.3 Å². The van der Waals surface area contributed by atoms with Crippen LogP contribution >= 0.6 is 0 Å². The summed E-state index contributed by atoms with van der Waals surface area (Å²) in [4.78, 5) is 13.3. The summed E-state index contributed by atoms with van der Waals surface area (Å²) in [5.74, 6) is 0. The number of carbonyl (C=O) groups is 1. The Bertz CT molecular complexity index is 264. The van der Waals surface area contributed by atoms with E-state index in [0.29, 0.717) is 13.1 Å². The van der Waals surface area contributed by atoms with Gasteiger partial charge in [-0.25, -0.2) is 4.79 Å². The van der Waals surface area contributed by atoms with Gasteiger partial charge in [0.1, 0.15) is 0 Å². The topological polar surface area (TPSA) is 32.3 Å². The molecule has 0 rings (SSSR count). The van der Waals surface area contributed by atoms with Crippen LogP contribution in [0.25, 0.3) is 0 Å². The van der Waals surface area contributed by atoms with Crippen LogP contribution < -0.4 is 5.32 Å². The van der Waals surface area contributed by atoms with E-state index in [-0.39, 0.29) is 11.4 Å². The fraction of sp³-hybridized carbons (Fsp3) is 0.462. The van der Waals surface area contributed by atoms with Crippen molar-refractivity contribution in [1.82, 2.24) is 10.2 Å². The molecule has 0 radical (unpaired) electrons. The van der Waals surface area contributed by atoms with Crippen LogP contribution in [0.1, 0.15) is 20.8 Å². The average Bonchev–Trinajstić information content (AvgIpc) is 2.15. The van der Waals surface area contributed by atoms with Gasteiger partial charge in [-0.05, 0) is 5.41 Å². The third-order valence-electron chi connectivity index (χ3n) is 1.78. The molecule has 0 aliphatic heterocycles. The Morgan fingerprint density at radius 2 is 1.75 bits per heavy atom. The molecule has 0 atom stereocenters. The number of hydrogen-bond acceptors (Lipinski definition) is 1. The lowest BCUT2D eigenvalue weighted by molar-refractivity contribution is 0.212. The zero-order valence-corrected chi connectivity index (χ0v) is 10.5. The monoisotopic (exact) mass is 222 g/mol. The molecule has 90 valence electrons. The maximum absolute atomic E-state index is 11.7. The Morgan fingerprint density at radius 3 is 2.12 bits per heavy atom. The smallest absolute Gasteiger partial charge is 0.317 e. The summed E-state index contributed by atoms with van der Waals surface area (Å²) in [7, 11) is 0. The summed E-state index contributed by atoms with van der Waals surface area (Å²) in [6, 6.07) is -0.139. The molecule has 0 fully saturated rings. The van der Waals surface area contributed by atoms with Crippen LogP contribution in [-0.4, -0.2) is 24.0 Å². The first-order valence-electron chi connectivity index (χ1n) is 5.35. The van der Waals surface area contributed by atoms with Gasteiger partial charge in [0.15, 0.2) is 0 Å². The quantitative estimate of drug-likeness (QED) is 0.713. The standard InChI is InChI=1S/C13H22N2O/c1-6-10-15(11-7-2)12(16)14-9-8-13(3,4)5/h6-9H,1-2,10-11H2,3-5H3,(H,14,16)/b9-8+. The molecule has 0 aromatic carbocycles. The number of nitrogens with zero attached hydrogens (tertiary/aromatic N) is 1. The zero-order valence-electron chi connectivity index (χ0n) is 10.5. The van der Waals surface area contributed by atoms with E-state index in [2.05, 4.69) is 39.2 Å². The van der Waals surface area contributed by atoms with Crippen LogP contribution in [0.4, 0.5) is 4.79 Å². The van der Waals surface area contributed by atoms with Crippen molar-refractivity contribution in [2.75, 3.05) is 13.1 Å². The van der Waals surface area contributed by atoms with Crippen LogP contribution in [0.15, 0.2) is 37.6 Å². The molecular weight excluding hydrogens is 200 g/mol. The van der Waals surface area contributed by atoms with Gasteiger partial charge in [0, 0.05) is 19.3 Å². The average molecular weight is 222 g/mol. The summed E-state index contributed by atoms with van der Waals surface area (Å²) >= 11 is 0. The maximum Gasteiger partial charge on any atom is 0.321 e. The Labute approximate surface area is 98.5 Å². The molecule has 0 saturated heterocycles. The van der Waals surface area contributed by atoms with Crippen molar-refractivity contribution < 1.29 is 4.79 Å². The second-order valence-electron chi connectivity index (χ2n) is 4.63. The highest BCUT2D eigenvalue weighted by atomic mass is 16.2. The summed E-state index contributed by atoms with van der Waals surface area (Å²) in [6.07, 6.45) is 7.01. The van der Waals surface area contributed by atoms with Gasteiger partial charge in [0.05, 0.1) is 0 Å². The number of urea groups is 1. The second kappa shape index (κ2) is 6.88. The lowest BCUT2D eigenvalue weighted by atomic mass is 9.97. The van der Waals surface area contributed by atoms with E-state index in [1.165, 1.54) is 0 Å². The number of nitrogens with one attached hydrogen (secondary N) is 1. The predicted molar refractivity (Wildman–Crippen MR) is 69.1 cm³/mol. The molecule has 0 unspecified atom stereocenters. The number of hydrogen-bond donors (Lipinski definition) is 1. The Kier molecular flexibility index (Phi) is 6.23. The van der Waals surface area contributed by atoms with Crippen molar-refractivity contribution >= 4 is 6.03 Å². The predicted octanol–water partition coefficient (Wildman–Crippen LogP) is 2.93. The van der Waals surface area contributed by atoms with Crippen molar-refractivity contribution in [2.24, 2.45) is 5.41 Å². The first-order valence-corrected chi connectivity index (χ1v) is 5.35. The van der Waals surface area contributed by atoms with Gasteiger partial charge in [-0.2, -0.15) is 0 Å². The number of allylic oxidation sites excluding steroid dienone is 1. The van der Waals surface area contributed by atoms with Crippen LogP contribution in [0.5, 0.6) is 0 Å². The molecular formula is C13H22N2O. The number of carbonyl (C=O) groups excluding carboxylic acids is 1. The molecule has 0 bridgehead atoms. The van der Waals surface area contributed by atoms with Crippen LogP contribution in [-0.2, 0) is 0 Å². The molecule has 0 aromatic heterocycles. The second-order valence-corrected chi connectivity index (χ2v) is 4.63. The highest BCUT2D eigenvalue weighted by Crippen LogP contribution is 2.13. The summed E-state index contributed by atoms with van der Waals surface area (Å²) in [5, 5.41) is 2.72. The van der Waals surface area contributed by atoms with Crippen LogP contribution in [0.3, 0.4) is 0 Å². The molecule has 0 aliphatic rings. The van der Waals surface area contributed by atoms with Crippen LogP contribution in [0, 0.1) is 5.41 Å². The van der Waals surface area contributed by atoms with Gasteiger partial charge in [-0.3, -0.25) is 0 Å². The first-order chi connectivity index (χ1) is 7.40. The van der Waals surface area contributed by atoms with Crippen molar-refractivity contribution in [3.05, 3.63) is 37.6 Å². The highest BCUT2D eigenvalue weighted by molar-refractivity contribution is 5.75. The molecule has 3 nitrogen and oxygen atoms in total. The zero-order chi connectivity index (χ0) is 12.6.